The number of azide groups is 1. The zero-order chi connectivity index (χ0) is 76.7. The third kappa shape index (κ3) is 21.3. The van der Waals surface area contributed by atoms with Gasteiger partial charge in [-0.3, -0.25) is 0 Å². The highest BCUT2D eigenvalue weighted by molar-refractivity contribution is 5.91. The number of carbonyl (C=O) groups excluding carboxylic acids is 4. The van der Waals surface area contributed by atoms with Crippen LogP contribution in [-0.2, 0) is 90.9 Å². The lowest BCUT2D eigenvalue weighted by atomic mass is 9.84. The number of benzene rings is 8. The maximum Gasteiger partial charge on any atom is 0.338 e. The minimum absolute atomic E-state index is 0.0193. The van der Waals surface area contributed by atoms with Crippen molar-refractivity contribution >= 4 is 34.6 Å². The molecule has 0 spiro atoms. The molecule has 22 heteroatoms. The van der Waals surface area contributed by atoms with E-state index in [1.165, 1.54) is 0 Å². The fourth-order valence-electron chi connectivity index (χ4n) is 14.7. The Morgan fingerprint density at radius 2 is 0.745 bits per heavy atom. The topological polar surface area (TPSA) is 255 Å². The van der Waals surface area contributed by atoms with Crippen molar-refractivity contribution in [1.82, 2.24) is 0 Å². The van der Waals surface area contributed by atoms with Gasteiger partial charge in [-0.25, -0.2) is 19.2 Å². The first-order valence-corrected chi connectivity index (χ1v) is 38.2. The molecule has 0 amide bonds. The molecular formula is C88H99N3O19. The third-order valence-electron chi connectivity index (χ3n) is 21.2. The monoisotopic (exact) mass is 1500 g/mol. The van der Waals surface area contributed by atoms with Crippen LogP contribution in [0.4, 0.5) is 0 Å². The lowest BCUT2D eigenvalue weighted by Crippen LogP contribution is -2.63. The van der Waals surface area contributed by atoms with Gasteiger partial charge in [0.15, 0.2) is 37.4 Å². The van der Waals surface area contributed by atoms with Crippen LogP contribution < -0.4 is 0 Å². The van der Waals surface area contributed by atoms with E-state index in [4.69, 9.17) is 76.6 Å². The summed E-state index contributed by atoms with van der Waals surface area (Å²) in [7, 11) is 0. The van der Waals surface area contributed by atoms with E-state index in [2.05, 4.69) is 34.3 Å². The first kappa shape index (κ1) is 80.3. The molecule has 0 aliphatic carbocycles. The number of esters is 4. The highest BCUT2D eigenvalue weighted by Gasteiger charge is 2.56. The molecule has 0 radical (unpaired) electrons. The Labute approximate surface area is 642 Å². The normalized spacial score (nSPS) is 28.1. The Kier molecular flexibility index (Phi) is 29.3. The molecule has 22 nitrogen and oxygen atoms in total. The second-order valence-corrected chi connectivity index (χ2v) is 28.9. The molecule has 12 rings (SSSR count). The number of hydrogen-bond acceptors (Lipinski definition) is 20. The maximum absolute atomic E-state index is 15.1. The summed E-state index contributed by atoms with van der Waals surface area (Å²) in [6.07, 6.45) is -12.7. The third-order valence-corrected chi connectivity index (χ3v) is 21.2. The second kappa shape index (κ2) is 40.1. The Hall–Kier alpha value is -9.23. The lowest BCUT2D eigenvalue weighted by Gasteiger charge is -2.52. The van der Waals surface area contributed by atoms with E-state index in [1.807, 2.05) is 126 Å². The van der Waals surface area contributed by atoms with Crippen molar-refractivity contribution < 1.29 is 90.2 Å². The molecule has 20 atom stereocenters. The van der Waals surface area contributed by atoms with Gasteiger partial charge in [0.2, 0.25) is 0 Å². The quantitative estimate of drug-likeness (QED) is 0.00907. The number of nitrogens with zero attached hydrogens (tertiary/aromatic N) is 3. The molecule has 14 unspecified atom stereocenters. The van der Waals surface area contributed by atoms with E-state index >= 15 is 4.79 Å². The SMILES string of the molecule is CC1C(COC(=O)c2ccccc2)OC(O[C@@H]2C(OC(=O)c3ccccc3)[C@H](OC3C(C)C(COC(=O)c4ccccc4)OC(O[C@@H]4C(OC(=O)c5ccccc5)[C@H](OCCCCCN=[N+]=[N-])OC(COCc5ccccc5)[C@@H]4C)C3C)OC(COCc3ccccc3)[C@@H]2C)C(C)C1OCc1ccc2ccccc2c1. The smallest absolute Gasteiger partial charge is 0.338 e. The molecule has 0 bridgehead atoms. The van der Waals surface area contributed by atoms with Gasteiger partial charge in [0.05, 0.1) is 91.9 Å². The molecule has 4 saturated heterocycles. The van der Waals surface area contributed by atoms with Crippen LogP contribution in [0.3, 0.4) is 0 Å². The van der Waals surface area contributed by atoms with Crippen LogP contribution in [0.1, 0.15) is 119 Å². The summed E-state index contributed by atoms with van der Waals surface area (Å²) in [5, 5.41) is 5.86. The molecule has 4 aliphatic heterocycles. The van der Waals surface area contributed by atoms with E-state index in [0.717, 1.165) is 27.5 Å². The van der Waals surface area contributed by atoms with E-state index in [0.29, 0.717) is 36.9 Å². The lowest BCUT2D eigenvalue weighted by molar-refractivity contribution is -0.371. The van der Waals surface area contributed by atoms with E-state index in [1.54, 1.807) is 115 Å². The maximum atomic E-state index is 15.1. The van der Waals surface area contributed by atoms with Crippen LogP contribution in [0.25, 0.3) is 21.2 Å². The summed E-state index contributed by atoms with van der Waals surface area (Å²) < 4.78 is 103. The van der Waals surface area contributed by atoms with Gasteiger partial charge in [-0.15, -0.1) is 0 Å². The number of ether oxygens (including phenoxy) is 15. The number of hydrogen-bond donors (Lipinski definition) is 0. The first-order chi connectivity index (χ1) is 53.7. The van der Waals surface area contributed by atoms with Crippen molar-refractivity contribution in [2.45, 2.75) is 167 Å². The van der Waals surface area contributed by atoms with Crippen molar-refractivity contribution in [2.24, 2.45) is 40.6 Å². The van der Waals surface area contributed by atoms with Crippen molar-refractivity contribution in [3.63, 3.8) is 0 Å². The van der Waals surface area contributed by atoms with Gasteiger partial charge >= 0.3 is 23.9 Å². The molecule has 110 heavy (non-hydrogen) atoms. The minimum atomic E-state index is -1.45. The Bertz CT molecular complexity index is 4230. The molecule has 8 aromatic carbocycles. The van der Waals surface area contributed by atoms with Gasteiger partial charge in [0.25, 0.3) is 0 Å². The molecule has 4 aliphatic rings. The predicted molar refractivity (Wildman–Crippen MR) is 408 cm³/mol. The zero-order valence-corrected chi connectivity index (χ0v) is 63.0. The minimum Gasteiger partial charge on any atom is -0.459 e. The average Bonchev–Trinajstić information content (AvgIpc) is 0.766. The first-order valence-electron chi connectivity index (χ1n) is 38.2. The molecule has 0 N–H and O–H groups in total. The van der Waals surface area contributed by atoms with Crippen LogP contribution in [0.2, 0.25) is 0 Å². The van der Waals surface area contributed by atoms with Crippen molar-refractivity contribution in [1.29, 1.82) is 0 Å². The molecule has 0 aromatic heterocycles. The van der Waals surface area contributed by atoms with Gasteiger partial charge in [0.1, 0.15) is 25.4 Å². The van der Waals surface area contributed by atoms with Crippen molar-refractivity contribution in [2.75, 3.05) is 39.6 Å². The van der Waals surface area contributed by atoms with Crippen LogP contribution in [0.5, 0.6) is 0 Å². The molecule has 0 saturated carbocycles. The zero-order valence-electron chi connectivity index (χ0n) is 63.0. The summed E-state index contributed by atoms with van der Waals surface area (Å²) >= 11 is 0. The van der Waals surface area contributed by atoms with Gasteiger partial charge < -0.3 is 71.1 Å². The number of carbonyl (C=O) groups is 4. The molecule has 580 valence electrons. The molecule has 8 aromatic rings. The number of unbranched alkanes of at least 4 members (excludes halogenated alkanes) is 2. The standard InChI is InChI=1S/C88H99N3O19/c1-56-73(54-100-81(92)66-35-18-9-19-36-66)102-85(60(5)75(56)99-51-64-44-45-65-34-26-27-43-70(65)48-64)110-78-59(4)72(53-97-50-63-32-16-8-17-33-63)105-88(80(78)107-84(95)69-41-24-12-25-42-69)108-76-57(2)74(55-101-82(93)67-37-20-10-21-38-67)103-86(61(76)6)109-77-58(3)71(52-96-49-62-30-14-7-15-31-62)104-87(98-47-29-13-28-46-90-91-89)79(77)106-83(94)68-39-22-11-23-40-68/h7-12,14-27,30-45,48,56-61,71-80,85-88H,13,28-29,46-47,49-55H2,1-6H3/t56?,57?,58-,59-,60?,61?,71?,72?,73?,74?,75?,76?,77-,78-,79?,80?,85?,86?,87+,88-/m0/s1. The molecule has 4 heterocycles. The fourth-order valence-corrected chi connectivity index (χ4v) is 14.7. The second-order valence-electron chi connectivity index (χ2n) is 28.9. The Morgan fingerprint density at radius 3 is 1.24 bits per heavy atom. The average molecular weight is 1500 g/mol. The summed E-state index contributed by atoms with van der Waals surface area (Å²) in [4.78, 5) is 60.4. The highest BCUT2D eigenvalue weighted by atomic mass is 16.8. The van der Waals surface area contributed by atoms with E-state index in [9.17, 15) is 14.4 Å². The van der Waals surface area contributed by atoms with Crippen molar-refractivity contribution in [3.05, 3.63) is 274 Å². The molecule has 4 fully saturated rings. The van der Waals surface area contributed by atoms with Crippen LogP contribution >= 0.6 is 0 Å². The van der Waals surface area contributed by atoms with Gasteiger partial charge in [0, 0.05) is 53.6 Å². The van der Waals surface area contributed by atoms with Crippen molar-refractivity contribution in [3.8, 4) is 0 Å². The van der Waals surface area contributed by atoms with Crippen LogP contribution in [0.15, 0.2) is 230 Å². The van der Waals surface area contributed by atoms with E-state index in [-0.39, 0.29) is 69.9 Å². The fraction of sp³-hybridized carbons (Fsp3) is 0.432. The van der Waals surface area contributed by atoms with Gasteiger partial charge in [-0.1, -0.05) is 223 Å². The Balaban J connectivity index is 0.909. The van der Waals surface area contributed by atoms with Gasteiger partial charge in [-0.05, 0) is 100 Å². The largest absolute Gasteiger partial charge is 0.459 e. The number of rotatable bonds is 34. The summed E-state index contributed by atoms with van der Waals surface area (Å²) in [6.45, 7) is 12.6. The number of fused-ring (bicyclic) bond motifs is 1. The highest BCUT2D eigenvalue weighted by Crippen LogP contribution is 2.44. The predicted octanol–water partition coefficient (Wildman–Crippen LogP) is 15.7. The van der Waals surface area contributed by atoms with E-state index < -0.39 is 140 Å². The van der Waals surface area contributed by atoms with Crippen LogP contribution in [-0.4, -0.2) is 150 Å². The molecular weight excluding hydrogens is 1400 g/mol. The summed E-state index contributed by atoms with van der Waals surface area (Å²) in [5.74, 6) is -5.99. The Morgan fingerprint density at radius 1 is 0.355 bits per heavy atom. The summed E-state index contributed by atoms with van der Waals surface area (Å²) in [6, 6.07) is 68.4. The van der Waals surface area contributed by atoms with Crippen LogP contribution in [0, 0.1) is 35.5 Å². The summed E-state index contributed by atoms with van der Waals surface area (Å²) in [5.41, 5.74) is 13.0. The van der Waals surface area contributed by atoms with Gasteiger partial charge in [-0.2, -0.15) is 0 Å².